The average molecular weight is 525 g/mol. The first-order valence-electron chi connectivity index (χ1n) is 12.1. The number of benzene rings is 1. The Morgan fingerprint density at radius 1 is 1.13 bits per heavy atom. The number of hydrogen-bond donors (Lipinski definition) is 2. The summed E-state index contributed by atoms with van der Waals surface area (Å²) in [7, 11) is 3.39. The molecule has 0 saturated carbocycles. The lowest BCUT2D eigenvalue weighted by molar-refractivity contribution is 0.0566. The zero-order valence-corrected chi connectivity index (χ0v) is 20.9. The standard InChI is InChI=1S/C26H27F3N8O/c1-30-17-5-4-10-36(15-17)20-11-23(32-13-18(20)16-12-33-37(14-16)26(28)29)34-22-8-9-31-25(35-22)24-19(27)6-3-7-21(24)38-2/h3,6-9,11-14,17,26,30H,4-5,10,15H2,1-2H3,(H,31,32,34,35)/t17-/m0/s1. The van der Waals surface area contributed by atoms with Gasteiger partial charge in [-0.1, -0.05) is 6.07 Å². The predicted octanol–water partition coefficient (Wildman–Crippen LogP) is 4.88. The van der Waals surface area contributed by atoms with E-state index < -0.39 is 12.4 Å². The molecule has 9 nitrogen and oxygen atoms in total. The summed E-state index contributed by atoms with van der Waals surface area (Å²) >= 11 is 0. The Hall–Kier alpha value is -4.19. The maximum Gasteiger partial charge on any atom is 0.333 e. The van der Waals surface area contributed by atoms with Gasteiger partial charge in [-0.05, 0) is 38.1 Å². The molecule has 0 amide bonds. The molecular weight excluding hydrogens is 497 g/mol. The Balaban J connectivity index is 1.50. The molecule has 4 aromatic rings. The molecule has 0 unspecified atom stereocenters. The van der Waals surface area contributed by atoms with Crippen molar-refractivity contribution in [3.8, 4) is 28.3 Å². The van der Waals surface area contributed by atoms with Crippen LogP contribution in [0.4, 0.5) is 30.5 Å². The number of halogens is 3. The molecule has 2 N–H and O–H groups in total. The smallest absolute Gasteiger partial charge is 0.333 e. The van der Waals surface area contributed by atoms with E-state index >= 15 is 0 Å². The van der Waals surface area contributed by atoms with Crippen LogP contribution >= 0.6 is 0 Å². The highest BCUT2D eigenvalue weighted by molar-refractivity contribution is 5.80. The van der Waals surface area contributed by atoms with E-state index in [0.717, 1.165) is 31.6 Å². The van der Waals surface area contributed by atoms with Gasteiger partial charge in [0.25, 0.3) is 0 Å². The zero-order valence-electron chi connectivity index (χ0n) is 20.9. The fourth-order valence-corrected chi connectivity index (χ4v) is 4.58. The summed E-state index contributed by atoms with van der Waals surface area (Å²) in [6, 6.07) is 8.32. The van der Waals surface area contributed by atoms with Gasteiger partial charge in [-0.2, -0.15) is 13.9 Å². The summed E-state index contributed by atoms with van der Waals surface area (Å²) < 4.78 is 46.9. The number of pyridine rings is 1. The Bertz CT molecular complexity index is 1410. The van der Waals surface area contributed by atoms with E-state index in [9.17, 15) is 13.2 Å². The fourth-order valence-electron chi connectivity index (χ4n) is 4.58. The molecule has 0 spiro atoms. The van der Waals surface area contributed by atoms with E-state index in [1.807, 2.05) is 13.1 Å². The summed E-state index contributed by atoms with van der Waals surface area (Å²) in [5.41, 5.74) is 2.23. The van der Waals surface area contributed by atoms with Crippen LogP contribution in [0.1, 0.15) is 19.4 Å². The number of nitrogens with one attached hydrogen (secondary N) is 2. The van der Waals surface area contributed by atoms with Crippen molar-refractivity contribution in [2.24, 2.45) is 0 Å². The van der Waals surface area contributed by atoms with Gasteiger partial charge >= 0.3 is 6.55 Å². The Morgan fingerprint density at radius 3 is 2.76 bits per heavy atom. The molecule has 0 aliphatic carbocycles. The summed E-state index contributed by atoms with van der Waals surface area (Å²) in [5.74, 6) is 0.875. The van der Waals surface area contributed by atoms with E-state index in [-0.39, 0.29) is 11.4 Å². The molecular formula is C26H27F3N8O. The van der Waals surface area contributed by atoms with E-state index in [1.165, 1.54) is 31.8 Å². The van der Waals surface area contributed by atoms with Gasteiger partial charge in [-0.3, -0.25) is 0 Å². The number of rotatable bonds is 8. The van der Waals surface area contributed by atoms with Crippen molar-refractivity contribution in [2.75, 3.05) is 37.5 Å². The molecule has 198 valence electrons. The van der Waals surface area contributed by atoms with Gasteiger partial charge in [-0.15, -0.1) is 0 Å². The molecule has 0 bridgehead atoms. The van der Waals surface area contributed by atoms with Crippen molar-refractivity contribution in [1.82, 2.24) is 30.0 Å². The van der Waals surface area contributed by atoms with Gasteiger partial charge in [0.2, 0.25) is 0 Å². The third-order valence-corrected chi connectivity index (χ3v) is 6.50. The maximum atomic E-state index is 14.6. The number of hydrogen-bond acceptors (Lipinski definition) is 8. The molecule has 5 rings (SSSR count). The second-order valence-corrected chi connectivity index (χ2v) is 8.85. The molecule has 3 aromatic heterocycles. The highest BCUT2D eigenvalue weighted by Gasteiger charge is 2.23. The SMILES string of the molecule is CN[C@H]1CCCN(c2cc(Nc3ccnc(-c4c(F)cccc4OC)n3)ncc2-c2cnn(C(F)F)c2)C1. The molecule has 38 heavy (non-hydrogen) atoms. The normalized spacial score (nSPS) is 15.6. The third-order valence-electron chi connectivity index (χ3n) is 6.50. The van der Waals surface area contributed by atoms with Gasteiger partial charge in [0.05, 0.1) is 18.9 Å². The minimum Gasteiger partial charge on any atom is -0.496 e. The van der Waals surface area contributed by atoms with Crippen LogP contribution in [0, 0.1) is 5.82 Å². The topological polar surface area (TPSA) is 93.0 Å². The Morgan fingerprint density at radius 2 is 2.00 bits per heavy atom. The summed E-state index contributed by atoms with van der Waals surface area (Å²) in [6.45, 7) is -1.17. The van der Waals surface area contributed by atoms with E-state index in [4.69, 9.17) is 4.74 Å². The van der Waals surface area contributed by atoms with E-state index in [1.54, 1.807) is 24.4 Å². The molecule has 1 aliphatic rings. The van der Waals surface area contributed by atoms with E-state index in [0.29, 0.717) is 39.2 Å². The van der Waals surface area contributed by atoms with Crippen molar-refractivity contribution >= 4 is 17.3 Å². The van der Waals surface area contributed by atoms with Crippen molar-refractivity contribution in [3.63, 3.8) is 0 Å². The van der Waals surface area contributed by atoms with E-state index in [2.05, 4.69) is 35.6 Å². The quantitative estimate of drug-likeness (QED) is 0.337. The lowest BCUT2D eigenvalue weighted by Gasteiger charge is -2.35. The summed E-state index contributed by atoms with van der Waals surface area (Å²) in [6.07, 6.45) is 7.91. The number of aromatic nitrogens is 5. The third kappa shape index (κ3) is 5.25. The molecule has 1 aromatic carbocycles. The van der Waals surface area contributed by atoms with Gasteiger partial charge in [0, 0.05) is 60.6 Å². The minimum absolute atomic E-state index is 0.158. The first kappa shape index (κ1) is 25.5. The number of anilines is 3. The zero-order chi connectivity index (χ0) is 26.6. The lowest BCUT2D eigenvalue weighted by Crippen LogP contribution is -2.44. The van der Waals surface area contributed by atoms with Gasteiger partial charge < -0.3 is 20.3 Å². The highest BCUT2D eigenvalue weighted by atomic mass is 19.3. The van der Waals surface area contributed by atoms with Gasteiger partial charge in [-0.25, -0.2) is 24.0 Å². The van der Waals surface area contributed by atoms with Gasteiger partial charge in [0.15, 0.2) is 5.82 Å². The van der Waals surface area contributed by atoms with Crippen LogP contribution in [-0.4, -0.2) is 58.0 Å². The molecule has 1 aliphatic heterocycles. The predicted molar refractivity (Wildman–Crippen MR) is 138 cm³/mol. The van der Waals surface area contributed by atoms with Crippen molar-refractivity contribution in [2.45, 2.75) is 25.4 Å². The van der Waals surface area contributed by atoms with Crippen LogP contribution in [0.3, 0.4) is 0 Å². The van der Waals surface area contributed by atoms with Crippen molar-refractivity contribution < 1.29 is 17.9 Å². The number of ether oxygens (including phenoxy) is 1. The van der Waals surface area contributed by atoms with Crippen LogP contribution < -0.4 is 20.3 Å². The largest absolute Gasteiger partial charge is 0.496 e. The second kappa shape index (κ2) is 11.1. The fraction of sp³-hybridized carbons (Fsp3) is 0.308. The van der Waals surface area contributed by atoms with Gasteiger partial charge in [0.1, 0.15) is 23.2 Å². The summed E-state index contributed by atoms with van der Waals surface area (Å²) in [5, 5.41) is 10.3. The van der Waals surface area contributed by atoms with Crippen LogP contribution in [-0.2, 0) is 0 Å². The minimum atomic E-state index is -2.73. The second-order valence-electron chi connectivity index (χ2n) is 8.85. The summed E-state index contributed by atoms with van der Waals surface area (Å²) in [4.78, 5) is 15.4. The number of alkyl halides is 2. The van der Waals surface area contributed by atoms with Crippen LogP contribution in [0.15, 0.2) is 55.1 Å². The monoisotopic (exact) mass is 524 g/mol. The molecule has 4 heterocycles. The van der Waals surface area contributed by atoms with Crippen LogP contribution in [0.25, 0.3) is 22.5 Å². The number of likely N-dealkylation sites (N-methyl/N-ethyl adjacent to an activating group) is 1. The first-order chi connectivity index (χ1) is 18.5. The average Bonchev–Trinajstić information content (AvgIpc) is 3.44. The molecule has 0 radical (unpaired) electrons. The highest BCUT2D eigenvalue weighted by Crippen LogP contribution is 2.35. The lowest BCUT2D eigenvalue weighted by atomic mass is 10.0. The van der Waals surface area contributed by atoms with Crippen LogP contribution in [0.5, 0.6) is 5.75 Å². The molecule has 12 heteroatoms. The molecule has 1 fully saturated rings. The Kier molecular flexibility index (Phi) is 7.40. The molecule has 1 saturated heterocycles. The Labute approximate surface area is 217 Å². The number of piperidine rings is 1. The van der Waals surface area contributed by atoms with Crippen molar-refractivity contribution in [1.29, 1.82) is 0 Å². The maximum absolute atomic E-state index is 14.6. The molecule has 1 atom stereocenters. The van der Waals surface area contributed by atoms with Crippen LogP contribution in [0.2, 0.25) is 0 Å². The number of nitrogens with zero attached hydrogens (tertiary/aromatic N) is 6. The first-order valence-corrected chi connectivity index (χ1v) is 12.1. The number of methoxy groups -OCH3 is 1. The van der Waals surface area contributed by atoms with Crippen molar-refractivity contribution in [3.05, 3.63) is 60.9 Å².